The molecular formula is C15H15N3O2S. The van der Waals surface area contributed by atoms with Crippen LogP contribution in [0.25, 0.3) is 0 Å². The van der Waals surface area contributed by atoms with Gasteiger partial charge in [-0.3, -0.25) is 9.59 Å². The summed E-state index contributed by atoms with van der Waals surface area (Å²) in [5.41, 5.74) is 3.34. The lowest BCUT2D eigenvalue weighted by Gasteiger charge is -2.37. The molecule has 2 unspecified atom stereocenters. The molecule has 108 valence electrons. The standard InChI is InChI=1S/C15H15N3O2S/c1-10-15(20)18(7-12-8-21-9-16-12)13(14(19)17-10)11-5-3-2-4-6-11/h2-6,8-10,13H,7H2,1H3,(H,17,19). The van der Waals surface area contributed by atoms with Crippen LogP contribution in [0, 0.1) is 0 Å². The molecule has 2 heterocycles. The highest BCUT2D eigenvalue weighted by atomic mass is 32.1. The summed E-state index contributed by atoms with van der Waals surface area (Å²) < 4.78 is 0. The van der Waals surface area contributed by atoms with Crippen molar-refractivity contribution in [3.8, 4) is 0 Å². The van der Waals surface area contributed by atoms with Crippen LogP contribution in [0.4, 0.5) is 0 Å². The Labute approximate surface area is 126 Å². The molecule has 1 N–H and O–H groups in total. The average molecular weight is 301 g/mol. The summed E-state index contributed by atoms with van der Waals surface area (Å²) in [6.07, 6.45) is 0. The Morgan fingerprint density at radius 1 is 1.29 bits per heavy atom. The minimum Gasteiger partial charge on any atom is -0.342 e. The van der Waals surface area contributed by atoms with E-state index in [1.807, 2.05) is 35.7 Å². The predicted octanol–water partition coefficient (Wildman–Crippen LogP) is 1.73. The van der Waals surface area contributed by atoms with Gasteiger partial charge in [-0.1, -0.05) is 30.3 Å². The van der Waals surface area contributed by atoms with Crippen molar-refractivity contribution in [1.29, 1.82) is 0 Å². The van der Waals surface area contributed by atoms with E-state index < -0.39 is 12.1 Å². The van der Waals surface area contributed by atoms with Gasteiger partial charge in [0.25, 0.3) is 0 Å². The maximum Gasteiger partial charge on any atom is 0.248 e. The third-order valence-corrected chi connectivity index (χ3v) is 4.14. The maximum atomic E-state index is 12.5. The lowest BCUT2D eigenvalue weighted by molar-refractivity contribution is -0.149. The van der Waals surface area contributed by atoms with Crippen LogP contribution in [-0.4, -0.2) is 27.7 Å². The molecular weight excluding hydrogens is 286 g/mol. The lowest BCUT2D eigenvalue weighted by Crippen LogP contribution is -2.57. The summed E-state index contributed by atoms with van der Waals surface area (Å²) in [5.74, 6) is -0.236. The molecule has 5 nitrogen and oxygen atoms in total. The molecule has 2 aromatic rings. The number of thiazole rings is 1. The zero-order valence-electron chi connectivity index (χ0n) is 11.5. The van der Waals surface area contributed by atoms with Crippen molar-refractivity contribution in [2.24, 2.45) is 0 Å². The molecule has 0 bridgehead atoms. The van der Waals surface area contributed by atoms with E-state index in [-0.39, 0.29) is 11.8 Å². The Kier molecular flexibility index (Phi) is 3.70. The largest absolute Gasteiger partial charge is 0.342 e. The topological polar surface area (TPSA) is 62.3 Å². The third kappa shape index (κ3) is 2.67. The van der Waals surface area contributed by atoms with Crippen LogP contribution in [0.2, 0.25) is 0 Å². The number of carbonyl (C=O) groups excluding carboxylic acids is 2. The van der Waals surface area contributed by atoms with Gasteiger partial charge in [0.15, 0.2) is 0 Å². The van der Waals surface area contributed by atoms with Gasteiger partial charge in [-0.05, 0) is 12.5 Å². The zero-order valence-corrected chi connectivity index (χ0v) is 12.3. The molecule has 6 heteroatoms. The fourth-order valence-corrected chi connectivity index (χ4v) is 3.05. The summed E-state index contributed by atoms with van der Waals surface area (Å²) in [7, 11) is 0. The molecule has 1 aromatic carbocycles. The van der Waals surface area contributed by atoms with Gasteiger partial charge in [-0.15, -0.1) is 11.3 Å². The molecule has 0 saturated carbocycles. The molecule has 21 heavy (non-hydrogen) atoms. The minimum absolute atomic E-state index is 0.0866. The van der Waals surface area contributed by atoms with Gasteiger partial charge in [-0.25, -0.2) is 4.98 Å². The van der Waals surface area contributed by atoms with E-state index in [1.54, 1.807) is 17.3 Å². The second-order valence-corrected chi connectivity index (χ2v) is 5.71. The second-order valence-electron chi connectivity index (χ2n) is 4.99. The van der Waals surface area contributed by atoms with Gasteiger partial charge in [-0.2, -0.15) is 0 Å². The van der Waals surface area contributed by atoms with Crippen molar-refractivity contribution < 1.29 is 9.59 Å². The Morgan fingerprint density at radius 3 is 2.71 bits per heavy atom. The number of benzene rings is 1. The molecule has 0 spiro atoms. The van der Waals surface area contributed by atoms with Crippen LogP contribution in [0.3, 0.4) is 0 Å². The van der Waals surface area contributed by atoms with Crippen molar-refractivity contribution in [3.05, 3.63) is 52.5 Å². The predicted molar refractivity (Wildman–Crippen MR) is 79.5 cm³/mol. The van der Waals surface area contributed by atoms with E-state index in [9.17, 15) is 9.59 Å². The molecule has 2 amide bonds. The van der Waals surface area contributed by atoms with Crippen molar-refractivity contribution >= 4 is 23.2 Å². The zero-order chi connectivity index (χ0) is 14.8. The molecule has 1 aliphatic heterocycles. The first-order chi connectivity index (χ1) is 10.2. The van der Waals surface area contributed by atoms with Crippen LogP contribution in [0.15, 0.2) is 41.2 Å². The summed E-state index contributed by atoms with van der Waals surface area (Å²) in [6.45, 7) is 2.05. The lowest BCUT2D eigenvalue weighted by atomic mass is 10.00. The molecule has 1 aliphatic rings. The summed E-state index contributed by atoms with van der Waals surface area (Å²) in [5, 5.41) is 4.63. The number of hydrogen-bond donors (Lipinski definition) is 1. The van der Waals surface area contributed by atoms with Gasteiger partial charge >= 0.3 is 0 Å². The summed E-state index contributed by atoms with van der Waals surface area (Å²) >= 11 is 1.48. The fourth-order valence-electron chi connectivity index (χ4n) is 2.50. The monoisotopic (exact) mass is 301 g/mol. The highest BCUT2D eigenvalue weighted by Crippen LogP contribution is 2.27. The molecule has 1 aromatic heterocycles. The van der Waals surface area contributed by atoms with Crippen LogP contribution < -0.4 is 5.32 Å². The number of nitrogens with one attached hydrogen (secondary N) is 1. The van der Waals surface area contributed by atoms with Crippen molar-refractivity contribution in [3.63, 3.8) is 0 Å². The maximum absolute atomic E-state index is 12.5. The number of carbonyl (C=O) groups is 2. The van der Waals surface area contributed by atoms with Crippen molar-refractivity contribution in [2.45, 2.75) is 25.6 Å². The summed E-state index contributed by atoms with van der Waals surface area (Å²) in [4.78, 5) is 30.7. The Bertz CT molecular complexity index is 642. The van der Waals surface area contributed by atoms with Gasteiger partial charge in [0.05, 0.1) is 17.7 Å². The SMILES string of the molecule is CC1NC(=O)C(c2ccccc2)N(Cc2cscn2)C1=O. The van der Waals surface area contributed by atoms with Gasteiger partial charge in [0.2, 0.25) is 11.8 Å². The van der Waals surface area contributed by atoms with E-state index in [2.05, 4.69) is 10.3 Å². The second kappa shape index (κ2) is 5.65. The van der Waals surface area contributed by atoms with Crippen molar-refractivity contribution in [1.82, 2.24) is 15.2 Å². The van der Waals surface area contributed by atoms with Gasteiger partial charge in [0.1, 0.15) is 12.1 Å². The van der Waals surface area contributed by atoms with E-state index in [1.165, 1.54) is 11.3 Å². The van der Waals surface area contributed by atoms with Crippen molar-refractivity contribution in [2.75, 3.05) is 0 Å². The molecule has 1 fully saturated rings. The van der Waals surface area contributed by atoms with E-state index >= 15 is 0 Å². The first kappa shape index (κ1) is 13.8. The minimum atomic E-state index is -0.600. The van der Waals surface area contributed by atoms with E-state index in [0.29, 0.717) is 6.54 Å². The van der Waals surface area contributed by atoms with Crippen LogP contribution in [-0.2, 0) is 16.1 Å². The first-order valence-corrected chi connectivity index (χ1v) is 7.64. The van der Waals surface area contributed by atoms with Crippen LogP contribution >= 0.6 is 11.3 Å². The van der Waals surface area contributed by atoms with Gasteiger partial charge < -0.3 is 10.2 Å². The van der Waals surface area contributed by atoms with E-state index in [0.717, 1.165) is 11.3 Å². The average Bonchev–Trinajstić information content (AvgIpc) is 2.98. The van der Waals surface area contributed by atoms with E-state index in [4.69, 9.17) is 0 Å². The smallest absolute Gasteiger partial charge is 0.248 e. The molecule has 0 radical (unpaired) electrons. The molecule has 2 atom stereocenters. The fraction of sp³-hybridized carbons (Fsp3) is 0.267. The number of nitrogens with zero attached hydrogens (tertiary/aromatic N) is 2. The molecule has 1 saturated heterocycles. The Morgan fingerprint density at radius 2 is 2.05 bits per heavy atom. The highest BCUT2D eigenvalue weighted by molar-refractivity contribution is 7.07. The number of aromatic nitrogens is 1. The number of hydrogen-bond acceptors (Lipinski definition) is 4. The number of piperazine rings is 1. The number of amides is 2. The first-order valence-electron chi connectivity index (χ1n) is 6.69. The highest BCUT2D eigenvalue weighted by Gasteiger charge is 2.39. The van der Waals surface area contributed by atoms with Gasteiger partial charge in [0, 0.05) is 5.38 Å². The molecule has 3 rings (SSSR count). The normalized spacial score (nSPS) is 22.2. The summed E-state index contributed by atoms with van der Waals surface area (Å²) in [6, 6.07) is 8.24. The number of rotatable bonds is 3. The molecule has 0 aliphatic carbocycles. The van der Waals surface area contributed by atoms with Crippen LogP contribution in [0.5, 0.6) is 0 Å². The van der Waals surface area contributed by atoms with Crippen LogP contribution in [0.1, 0.15) is 24.2 Å². The quantitative estimate of drug-likeness (QED) is 0.939. The third-order valence-electron chi connectivity index (χ3n) is 3.50. The Hall–Kier alpha value is -2.21. The Balaban J connectivity index is 1.96.